The van der Waals surface area contributed by atoms with Crippen LogP contribution in [0.4, 0.5) is 18.9 Å². The van der Waals surface area contributed by atoms with Crippen molar-refractivity contribution in [2.45, 2.75) is 31.7 Å². The number of hydrogen-bond acceptors (Lipinski definition) is 4. The monoisotopic (exact) mass is 347 g/mol. The van der Waals surface area contributed by atoms with Gasteiger partial charge in [0.15, 0.2) is 12.7 Å². The molecule has 1 saturated heterocycles. The van der Waals surface area contributed by atoms with E-state index in [1.807, 2.05) is 0 Å². The maximum absolute atomic E-state index is 12.1. The van der Waals surface area contributed by atoms with Crippen LogP contribution < -0.4 is 10.1 Å². The molecule has 0 saturated carbocycles. The fourth-order valence-electron chi connectivity index (χ4n) is 2.32. The Bertz CT molecular complexity index is 602. The van der Waals surface area contributed by atoms with Crippen LogP contribution in [-0.2, 0) is 14.3 Å². The Hall–Kier alpha value is -2.29. The molecule has 2 rings (SSSR count). The lowest BCUT2D eigenvalue weighted by atomic mass is 10.0. The van der Waals surface area contributed by atoms with Gasteiger partial charge in [-0.1, -0.05) is 6.92 Å². The van der Waals surface area contributed by atoms with E-state index >= 15 is 0 Å². The number of anilines is 1. The Morgan fingerprint density at radius 1 is 1.33 bits per heavy atom. The molecule has 0 radical (unpaired) electrons. The van der Waals surface area contributed by atoms with Crippen LogP contribution in [0.1, 0.15) is 13.3 Å². The van der Waals surface area contributed by atoms with Gasteiger partial charge >= 0.3 is 12.1 Å². The van der Waals surface area contributed by atoms with Crippen LogP contribution in [0.5, 0.6) is 5.75 Å². The molecule has 0 bridgehead atoms. The van der Waals surface area contributed by atoms with Crippen LogP contribution in [0.25, 0.3) is 0 Å². The molecule has 0 aromatic heterocycles. The predicted octanol–water partition coefficient (Wildman–Crippen LogP) is 2.44. The van der Waals surface area contributed by atoms with Gasteiger partial charge in [-0.15, -0.1) is 0 Å². The van der Waals surface area contributed by atoms with E-state index in [-0.39, 0.29) is 18.1 Å². The zero-order valence-electron chi connectivity index (χ0n) is 12.7. The number of carbonyl (C=O) groups is 2. The first kappa shape index (κ1) is 18.1. The minimum atomic E-state index is -4.43. The summed E-state index contributed by atoms with van der Waals surface area (Å²) in [5, 5.41) is 11.5. The molecule has 1 amide bonds. The highest BCUT2D eigenvalue weighted by Crippen LogP contribution is 2.27. The summed E-state index contributed by atoms with van der Waals surface area (Å²) in [5.41, 5.74) is 0.342. The molecule has 6 nitrogen and oxygen atoms in total. The van der Waals surface area contributed by atoms with Crippen molar-refractivity contribution < 1.29 is 37.3 Å². The number of ether oxygens (including phenoxy) is 2. The van der Waals surface area contributed by atoms with Gasteiger partial charge in [-0.25, -0.2) is 4.79 Å². The zero-order valence-corrected chi connectivity index (χ0v) is 12.7. The maximum Gasteiger partial charge on any atom is 0.422 e. The van der Waals surface area contributed by atoms with Crippen LogP contribution >= 0.6 is 0 Å². The van der Waals surface area contributed by atoms with Gasteiger partial charge in [0.2, 0.25) is 0 Å². The lowest BCUT2D eigenvalue weighted by Gasteiger charge is -2.13. The molecule has 2 N–H and O–H groups in total. The van der Waals surface area contributed by atoms with Gasteiger partial charge in [0, 0.05) is 5.69 Å². The Morgan fingerprint density at radius 3 is 2.46 bits per heavy atom. The Kier molecular flexibility index (Phi) is 5.33. The number of rotatable bonds is 5. The van der Waals surface area contributed by atoms with Crippen molar-refractivity contribution >= 4 is 17.6 Å². The van der Waals surface area contributed by atoms with E-state index in [0.717, 1.165) is 0 Å². The lowest BCUT2D eigenvalue weighted by molar-refractivity contribution is -0.153. The molecule has 24 heavy (non-hydrogen) atoms. The van der Waals surface area contributed by atoms with Crippen LogP contribution in [-0.4, -0.2) is 42.0 Å². The fraction of sp³-hybridized carbons (Fsp3) is 0.467. The van der Waals surface area contributed by atoms with Crippen LogP contribution in [0.15, 0.2) is 24.3 Å². The molecule has 1 aromatic carbocycles. The summed E-state index contributed by atoms with van der Waals surface area (Å²) < 4.78 is 45.9. The number of carbonyl (C=O) groups excluding carboxylic acids is 1. The van der Waals surface area contributed by atoms with Crippen molar-refractivity contribution in [1.82, 2.24) is 0 Å². The topological polar surface area (TPSA) is 84.9 Å². The number of alkyl halides is 3. The smallest absolute Gasteiger partial charge is 0.422 e. The van der Waals surface area contributed by atoms with Crippen LogP contribution in [0.2, 0.25) is 0 Å². The average molecular weight is 347 g/mol. The number of carboxylic acid groups (broad SMARTS) is 1. The maximum atomic E-state index is 12.1. The molecule has 9 heteroatoms. The minimum Gasteiger partial charge on any atom is -0.484 e. The average Bonchev–Trinajstić information content (AvgIpc) is 2.88. The first-order chi connectivity index (χ1) is 11.2. The fourth-order valence-corrected chi connectivity index (χ4v) is 2.32. The van der Waals surface area contributed by atoms with Gasteiger partial charge < -0.3 is 19.9 Å². The van der Waals surface area contributed by atoms with E-state index in [1.165, 1.54) is 24.3 Å². The molecule has 1 aliphatic rings. The summed E-state index contributed by atoms with van der Waals surface area (Å²) in [5.74, 6) is -1.91. The van der Waals surface area contributed by atoms with E-state index < -0.39 is 36.9 Å². The van der Waals surface area contributed by atoms with Gasteiger partial charge in [-0.05, 0) is 36.6 Å². The van der Waals surface area contributed by atoms with Crippen molar-refractivity contribution in [2.24, 2.45) is 5.92 Å². The SMILES string of the molecule is C[C@@H]1C[C@H](C(=O)Nc2ccc(OCC(F)(F)F)cc2)O[C@H]1C(=O)O. The summed E-state index contributed by atoms with van der Waals surface area (Å²) in [6.45, 7) is 0.280. The van der Waals surface area contributed by atoms with Crippen molar-refractivity contribution in [3.8, 4) is 5.75 Å². The van der Waals surface area contributed by atoms with E-state index in [2.05, 4.69) is 10.1 Å². The van der Waals surface area contributed by atoms with E-state index in [9.17, 15) is 22.8 Å². The van der Waals surface area contributed by atoms with Crippen molar-refractivity contribution in [1.29, 1.82) is 0 Å². The molecule has 0 spiro atoms. The number of aliphatic carboxylic acids is 1. The van der Waals surface area contributed by atoms with Crippen molar-refractivity contribution in [3.63, 3.8) is 0 Å². The summed E-state index contributed by atoms with van der Waals surface area (Å²) >= 11 is 0. The molecule has 1 aromatic rings. The highest BCUT2D eigenvalue weighted by Gasteiger charge is 2.40. The largest absolute Gasteiger partial charge is 0.484 e. The third-order valence-corrected chi connectivity index (χ3v) is 3.47. The second kappa shape index (κ2) is 7.08. The molecule has 1 aliphatic heterocycles. The Morgan fingerprint density at radius 2 is 1.96 bits per heavy atom. The van der Waals surface area contributed by atoms with Crippen molar-refractivity contribution in [2.75, 3.05) is 11.9 Å². The quantitative estimate of drug-likeness (QED) is 0.855. The second-order valence-electron chi connectivity index (χ2n) is 5.51. The van der Waals surface area contributed by atoms with E-state index in [4.69, 9.17) is 9.84 Å². The number of carboxylic acids is 1. The van der Waals surface area contributed by atoms with Gasteiger partial charge in [0.1, 0.15) is 11.9 Å². The molecule has 1 fully saturated rings. The van der Waals surface area contributed by atoms with Gasteiger partial charge in [-0.3, -0.25) is 4.79 Å². The lowest BCUT2D eigenvalue weighted by Crippen LogP contribution is -2.30. The van der Waals surface area contributed by atoms with Crippen LogP contribution in [0.3, 0.4) is 0 Å². The van der Waals surface area contributed by atoms with Crippen LogP contribution in [0, 0.1) is 5.92 Å². The number of hydrogen-bond donors (Lipinski definition) is 2. The molecular formula is C15H16F3NO5. The molecular weight excluding hydrogens is 331 g/mol. The predicted molar refractivity (Wildman–Crippen MR) is 76.7 cm³/mol. The van der Waals surface area contributed by atoms with Gasteiger partial charge in [0.05, 0.1) is 0 Å². The molecule has 1 heterocycles. The van der Waals surface area contributed by atoms with E-state index in [1.54, 1.807) is 6.92 Å². The van der Waals surface area contributed by atoms with Gasteiger partial charge in [0.25, 0.3) is 5.91 Å². The third-order valence-electron chi connectivity index (χ3n) is 3.47. The number of amides is 1. The number of halogens is 3. The molecule has 0 aliphatic carbocycles. The molecule has 3 atom stereocenters. The normalized spacial score (nSPS) is 23.8. The number of nitrogens with one attached hydrogen (secondary N) is 1. The summed E-state index contributed by atoms with van der Waals surface area (Å²) in [7, 11) is 0. The second-order valence-corrected chi connectivity index (χ2v) is 5.51. The third kappa shape index (κ3) is 4.85. The summed E-state index contributed by atoms with van der Waals surface area (Å²) in [6.07, 6.45) is -6.07. The number of benzene rings is 1. The minimum absolute atomic E-state index is 0.0157. The molecule has 0 unspecified atom stereocenters. The van der Waals surface area contributed by atoms with Crippen molar-refractivity contribution in [3.05, 3.63) is 24.3 Å². The summed E-state index contributed by atoms with van der Waals surface area (Å²) in [4.78, 5) is 23.0. The first-order valence-electron chi connectivity index (χ1n) is 7.14. The summed E-state index contributed by atoms with van der Waals surface area (Å²) in [6, 6.07) is 5.35. The highest BCUT2D eigenvalue weighted by atomic mass is 19.4. The Labute approximate surface area is 135 Å². The highest BCUT2D eigenvalue weighted by molar-refractivity contribution is 5.94. The van der Waals surface area contributed by atoms with Gasteiger partial charge in [-0.2, -0.15) is 13.2 Å². The first-order valence-corrected chi connectivity index (χ1v) is 7.14. The standard InChI is InChI=1S/C15H16F3NO5/c1-8-6-11(24-12(8)14(21)22)13(20)19-9-2-4-10(5-3-9)23-7-15(16,17)18/h2-5,8,11-12H,6-7H2,1H3,(H,19,20)(H,21,22)/t8-,11-,12-/m1/s1. The van der Waals surface area contributed by atoms with E-state index in [0.29, 0.717) is 5.69 Å². The zero-order chi connectivity index (χ0) is 17.9. The Balaban J connectivity index is 1.89. The molecule has 132 valence electrons.